The molecule has 0 aliphatic heterocycles. The maximum absolute atomic E-state index is 12.3. The van der Waals surface area contributed by atoms with Crippen LogP contribution in [0.1, 0.15) is 63.4 Å². The Balaban J connectivity index is 1.37. The van der Waals surface area contributed by atoms with E-state index in [1.807, 2.05) is 0 Å². The van der Waals surface area contributed by atoms with Crippen molar-refractivity contribution >= 4 is 5.91 Å². The van der Waals surface area contributed by atoms with Crippen LogP contribution in [-0.4, -0.2) is 24.2 Å². The Bertz CT molecular complexity index is 575. The zero-order valence-electron chi connectivity index (χ0n) is 15.3. The largest absolute Gasteiger partial charge is 0.504 e. The maximum Gasteiger partial charge on any atom is 0.224 e. The van der Waals surface area contributed by atoms with Crippen LogP contribution in [0, 0.1) is 11.8 Å². The minimum Gasteiger partial charge on any atom is -0.504 e. The van der Waals surface area contributed by atoms with Gasteiger partial charge < -0.3 is 15.2 Å². The number of amides is 1. The van der Waals surface area contributed by atoms with Crippen LogP contribution in [0.25, 0.3) is 0 Å². The summed E-state index contributed by atoms with van der Waals surface area (Å²) in [6.45, 7) is 0. The van der Waals surface area contributed by atoms with Crippen LogP contribution in [0.5, 0.6) is 11.5 Å². The van der Waals surface area contributed by atoms with Crippen molar-refractivity contribution in [3.05, 3.63) is 23.8 Å². The lowest BCUT2D eigenvalue weighted by Gasteiger charge is -2.29. The molecule has 2 N–H and O–H groups in total. The van der Waals surface area contributed by atoms with E-state index in [1.54, 1.807) is 18.2 Å². The van der Waals surface area contributed by atoms with Gasteiger partial charge in [0.1, 0.15) is 0 Å². The molecule has 0 radical (unpaired) electrons. The van der Waals surface area contributed by atoms with Crippen LogP contribution in [0.15, 0.2) is 18.2 Å². The van der Waals surface area contributed by atoms with Gasteiger partial charge in [0.25, 0.3) is 0 Å². The van der Waals surface area contributed by atoms with Gasteiger partial charge in [0.15, 0.2) is 11.5 Å². The zero-order valence-corrected chi connectivity index (χ0v) is 15.3. The number of benzene rings is 1. The number of hydrogen-bond donors (Lipinski definition) is 2. The van der Waals surface area contributed by atoms with Gasteiger partial charge in [-0.15, -0.1) is 0 Å². The first-order chi connectivity index (χ1) is 12.1. The van der Waals surface area contributed by atoms with Crippen LogP contribution in [0.4, 0.5) is 0 Å². The molecule has 4 heteroatoms. The van der Waals surface area contributed by atoms with E-state index in [9.17, 15) is 9.90 Å². The molecule has 0 unspecified atom stereocenters. The summed E-state index contributed by atoms with van der Waals surface area (Å²) in [7, 11) is 1.52. The number of ether oxygens (including phenoxy) is 1. The standard InChI is InChI=1S/C21H31NO3/c1-25-20-13-17(9-12-19(20)23)14-21(24)22-18-10-7-16(8-11-18)4-2-3-15-5-6-15/h9,12-13,15-16,18,23H,2-8,10-11,14H2,1H3,(H,22,24). The van der Waals surface area contributed by atoms with Gasteiger partial charge in [-0.05, 0) is 55.2 Å². The minimum absolute atomic E-state index is 0.0601. The van der Waals surface area contributed by atoms with Crippen molar-refractivity contribution in [2.45, 2.75) is 70.3 Å². The summed E-state index contributed by atoms with van der Waals surface area (Å²) in [5, 5.41) is 12.8. The number of methoxy groups -OCH3 is 1. The topological polar surface area (TPSA) is 58.6 Å². The molecule has 0 heterocycles. The van der Waals surface area contributed by atoms with Gasteiger partial charge in [-0.1, -0.05) is 38.2 Å². The second-order valence-electron chi connectivity index (χ2n) is 7.84. The van der Waals surface area contributed by atoms with E-state index in [2.05, 4.69) is 5.32 Å². The normalized spacial score (nSPS) is 23.2. The summed E-state index contributed by atoms with van der Waals surface area (Å²) in [6, 6.07) is 5.40. The Morgan fingerprint density at radius 2 is 1.76 bits per heavy atom. The fourth-order valence-corrected chi connectivity index (χ4v) is 3.99. The molecule has 0 atom stereocenters. The number of phenolic OH excluding ortho intramolecular Hbond substituents is 1. The summed E-state index contributed by atoms with van der Waals surface area (Å²) in [5.74, 6) is 2.50. The van der Waals surface area contributed by atoms with E-state index >= 15 is 0 Å². The molecule has 2 aliphatic carbocycles. The number of carbonyl (C=O) groups is 1. The zero-order chi connectivity index (χ0) is 17.6. The number of aromatic hydroxyl groups is 1. The molecular formula is C21H31NO3. The lowest BCUT2D eigenvalue weighted by atomic mass is 9.83. The second-order valence-corrected chi connectivity index (χ2v) is 7.84. The number of carbonyl (C=O) groups excluding carboxylic acids is 1. The summed E-state index contributed by atoms with van der Waals surface area (Å²) in [5.41, 5.74) is 0.862. The highest BCUT2D eigenvalue weighted by Crippen LogP contribution is 2.36. The third-order valence-corrected chi connectivity index (χ3v) is 5.74. The molecule has 1 amide bonds. The fraction of sp³-hybridized carbons (Fsp3) is 0.667. The first-order valence-corrected chi connectivity index (χ1v) is 9.79. The maximum atomic E-state index is 12.3. The Labute approximate surface area is 151 Å². The molecule has 0 spiro atoms. The predicted molar refractivity (Wildman–Crippen MR) is 98.8 cm³/mol. The Kier molecular flexibility index (Phi) is 6.22. The number of nitrogens with one attached hydrogen (secondary N) is 1. The van der Waals surface area contributed by atoms with Crippen LogP contribution < -0.4 is 10.1 Å². The van der Waals surface area contributed by atoms with Crippen LogP contribution in [0.3, 0.4) is 0 Å². The van der Waals surface area contributed by atoms with E-state index in [0.717, 1.165) is 30.2 Å². The third kappa shape index (κ3) is 5.65. The van der Waals surface area contributed by atoms with Crippen LogP contribution in [0.2, 0.25) is 0 Å². The van der Waals surface area contributed by atoms with Gasteiger partial charge in [-0.25, -0.2) is 0 Å². The van der Waals surface area contributed by atoms with Gasteiger partial charge in [0.05, 0.1) is 13.5 Å². The van der Waals surface area contributed by atoms with Crippen LogP contribution >= 0.6 is 0 Å². The van der Waals surface area contributed by atoms with Crippen molar-refractivity contribution in [2.75, 3.05) is 7.11 Å². The van der Waals surface area contributed by atoms with E-state index in [-0.39, 0.29) is 11.7 Å². The van der Waals surface area contributed by atoms with E-state index in [1.165, 1.54) is 52.1 Å². The van der Waals surface area contributed by atoms with Gasteiger partial charge in [0.2, 0.25) is 5.91 Å². The van der Waals surface area contributed by atoms with Gasteiger partial charge >= 0.3 is 0 Å². The summed E-state index contributed by atoms with van der Waals surface area (Å²) < 4.78 is 5.10. The van der Waals surface area contributed by atoms with Crippen molar-refractivity contribution in [3.8, 4) is 11.5 Å². The highest BCUT2D eigenvalue weighted by atomic mass is 16.5. The smallest absolute Gasteiger partial charge is 0.224 e. The first-order valence-electron chi connectivity index (χ1n) is 9.79. The summed E-state index contributed by atoms with van der Waals surface area (Å²) in [6.07, 6.45) is 12.2. The van der Waals surface area contributed by atoms with Gasteiger partial charge in [-0.3, -0.25) is 4.79 Å². The summed E-state index contributed by atoms with van der Waals surface area (Å²) >= 11 is 0. The van der Waals surface area contributed by atoms with Crippen molar-refractivity contribution in [2.24, 2.45) is 11.8 Å². The van der Waals surface area contributed by atoms with Gasteiger partial charge in [-0.2, -0.15) is 0 Å². The molecular weight excluding hydrogens is 314 g/mol. The second kappa shape index (κ2) is 8.59. The van der Waals surface area contributed by atoms with E-state index < -0.39 is 0 Å². The average molecular weight is 345 g/mol. The molecule has 0 saturated heterocycles. The molecule has 138 valence electrons. The first kappa shape index (κ1) is 18.1. The molecule has 0 bridgehead atoms. The monoisotopic (exact) mass is 345 g/mol. The minimum atomic E-state index is 0.0601. The molecule has 4 nitrogen and oxygen atoms in total. The molecule has 1 aromatic carbocycles. The van der Waals surface area contributed by atoms with Crippen molar-refractivity contribution in [1.82, 2.24) is 5.32 Å². The van der Waals surface area contributed by atoms with E-state index in [4.69, 9.17) is 4.74 Å². The molecule has 3 rings (SSSR count). The average Bonchev–Trinajstić information content (AvgIpc) is 3.42. The molecule has 2 fully saturated rings. The van der Waals surface area contributed by atoms with Crippen LogP contribution in [-0.2, 0) is 11.2 Å². The molecule has 25 heavy (non-hydrogen) atoms. The highest BCUT2D eigenvalue weighted by Gasteiger charge is 2.24. The number of hydrogen-bond acceptors (Lipinski definition) is 3. The quantitative estimate of drug-likeness (QED) is 0.742. The molecule has 0 aromatic heterocycles. The molecule has 1 aromatic rings. The summed E-state index contributed by atoms with van der Waals surface area (Å²) in [4.78, 5) is 12.3. The van der Waals surface area contributed by atoms with Crippen molar-refractivity contribution in [1.29, 1.82) is 0 Å². The lowest BCUT2D eigenvalue weighted by Crippen LogP contribution is -2.38. The SMILES string of the molecule is COc1cc(CC(=O)NC2CCC(CCCC3CC3)CC2)ccc1O. The van der Waals surface area contributed by atoms with Crippen molar-refractivity contribution < 1.29 is 14.6 Å². The molecule has 2 saturated carbocycles. The predicted octanol–water partition coefficient (Wildman–Crippen LogP) is 4.20. The number of rotatable bonds is 8. The van der Waals surface area contributed by atoms with Crippen molar-refractivity contribution in [3.63, 3.8) is 0 Å². The number of phenols is 1. The van der Waals surface area contributed by atoms with E-state index in [0.29, 0.717) is 18.2 Å². The molecule has 2 aliphatic rings. The Morgan fingerprint density at radius 1 is 1.12 bits per heavy atom. The highest BCUT2D eigenvalue weighted by molar-refractivity contribution is 5.79. The van der Waals surface area contributed by atoms with Gasteiger partial charge in [0, 0.05) is 6.04 Å². The Hall–Kier alpha value is -1.71. The lowest BCUT2D eigenvalue weighted by molar-refractivity contribution is -0.121. The Morgan fingerprint density at radius 3 is 2.36 bits per heavy atom. The fourth-order valence-electron chi connectivity index (χ4n) is 3.99. The third-order valence-electron chi connectivity index (χ3n) is 5.74.